The number of rotatable bonds is 4. The van der Waals surface area contributed by atoms with E-state index in [1.807, 2.05) is 26.0 Å². The zero-order chi connectivity index (χ0) is 20.7. The highest BCUT2D eigenvalue weighted by atomic mass is 127. The quantitative estimate of drug-likeness (QED) is 0.523. The van der Waals surface area contributed by atoms with E-state index in [1.165, 1.54) is 0 Å². The fourth-order valence-electron chi connectivity index (χ4n) is 4.41. The molecule has 0 bridgehead atoms. The summed E-state index contributed by atoms with van der Waals surface area (Å²) in [6, 6.07) is 3.92. The van der Waals surface area contributed by atoms with Crippen LogP contribution in [0.4, 0.5) is 0 Å². The van der Waals surface area contributed by atoms with Gasteiger partial charge >= 0.3 is 0 Å². The van der Waals surface area contributed by atoms with Crippen LogP contribution < -0.4 is 9.47 Å². The van der Waals surface area contributed by atoms with Gasteiger partial charge in [-0.2, -0.15) is 0 Å². The molecule has 0 radical (unpaired) electrons. The van der Waals surface area contributed by atoms with E-state index >= 15 is 0 Å². The third kappa shape index (κ3) is 3.71. The number of allylic oxidation sites excluding steroid dienone is 4. The minimum absolute atomic E-state index is 0.00909. The van der Waals surface area contributed by atoms with Gasteiger partial charge in [0, 0.05) is 42.7 Å². The van der Waals surface area contributed by atoms with Gasteiger partial charge in [-0.05, 0) is 67.0 Å². The lowest BCUT2D eigenvalue weighted by Crippen LogP contribution is -2.30. The number of methoxy groups -OCH3 is 1. The molecule has 5 nitrogen and oxygen atoms in total. The number of benzene rings is 1. The lowest BCUT2D eigenvalue weighted by Gasteiger charge is -2.36. The maximum Gasteiger partial charge on any atom is 0.174 e. The topological polar surface area (TPSA) is 61.8 Å². The summed E-state index contributed by atoms with van der Waals surface area (Å²) in [4.78, 5) is 25.8. The van der Waals surface area contributed by atoms with Gasteiger partial charge in [-0.25, -0.2) is 0 Å². The number of carbonyl (C=O) groups excluding carboxylic acids is 2. The molecule has 1 heterocycles. The Kier molecular flexibility index (Phi) is 5.73. The molecule has 3 aliphatic rings. The van der Waals surface area contributed by atoms with Crippen molar-refractivity contribution in [2.45, 2.75) is 64.4 Å². The predicted molar refractivity (Wildman–Crippen MR) is 117 cm³/mol. The van der Waals surface area contributed by atoms with Crippen molar-refractivity contribution in [1.29, 1.82) is 0 Å². The van der Waals surface area contributed by atoms with Crippen LogP contribution in [0.15, 0.2) is 34.8 Å². The molecule has 29 heavy (non-hydrogen) atoms. The van der Waals surface area contributed by atoms with E-state index in [0.29, 0.717) is 35.5 Å². The van der Waals surface area contributed by atoms with Gasteiger partial charge in [-0.15, -0.1) is 0 Å². The molecule has 6 heteroatoms. The van der Waals surface area contributed by atoms with Crippen molar-refractivity contribution in [2.24, 2.45) is 0 Å². The fourth-order valence-corrected chi connectivity index (χ4v) is 5.16. The molecule has 1 aromatic rings. The summed E-state index contributed by atoms with van der Waals surface area (Å²) in [5.41, 5.74) is 2.19. The second-order valence-electron chi connectivity index (χ2n) is 7.96. The average Bonchev–Trinajstić information content (AvgIpc) is 2.68. The molecule has 0 aromatic heterocycles. The van der Waals surface area contributed by atoms with E-state index < -0.39 is 0 Å². The smallest absolute Gasteiger partial charge is 0.174 e. The van der Waals surface area contributed by atoms with Crippen molar-refractivity contribution < 1.29 is 23.8 Å². The Bertz CT molecular complexity index is 899. The molecular formula is C23H25IO5. The van der Waals surface area contributed by atoms with E-state index in [4.69, 9.17) is 14.2 Å². The van der Waals surface area contributed by atoms with Crippen LogP contribution in [-0.4, -0.2) is 24.8 Å². The Morgan fingerprint density at radius 1 is 1.00 bits per heavy atom. The monoisotopic (exact) mass is 508 g/mol. The molecule has 1 aliphatic heterocycles. The summed E-state index contributed by atoms with van der Waals surface area (Å²) in [5.74, 6) is 2.57. The van der Waals surface area contributed by atoms with Crippen LogP contribution in [0.25, 0.3) is 0 Å². The average molecular weight is 508 g/mol. The summed E-state index contributed by atoms with van der Waals surface area (Å²) >= 11 is 2.23. The summed E-state index contributed by atoms with van der Waals surface area (Å²) < 4.78 is 18.6. The van der Waals surface area contributed by atoms with Crippen molar-refractivity contribution in [3.8, 4) is 11.5 Å². The lowest BCUT2D eigenvalue weighted by atomic mass is 9.73. The van der Waals surface area contributed by atoms with Gasteiger partial charge < -0.3 is 14.2 Å². The molecule has 4 rings (SSSR count). The van der Waals surface area contributed by atoms with Crippen LogP contribution in [0, 0.1) is 3.57 Å². The third-order valence-corrected chi connectivity index (χ3v) is 6.38. The molecule has 0 saturated carbocycles. The predicted octanol–water partition coefficient (Wildman–Crippen LogP) is 5.22. The molecule has 0 amide bonds. The van der Waals surface area contributed by atoms with Gasteiger partial charge in [-0.1, -0.05) is 0 Å². The van der Waals surface area contributed by atoms with Crippen LogP contribution in [0.5, 0.6) is 11.5 Å². The SMILES string of the molecule is COc1cc(C2C3=C(CCCC3=O)OC3=C2C(=O)CCC3)cc(I)c1OC(C)C. The zero-order valence-electron chi connectivity index (χ0n) is 17.0. The van der Waals surface area contributed by atoms with E-state index in [2.05, 4.69) is 22.6 Å². The van der Waals surface area contributed by atoms with Crippen LogP contribution in [-0.2, 0) is 14.3 Å². The van der Waals surface area contributed by atoms with Gasteiger partial charge in [0.25, 0.3) is 0 Å². The van der Waals surface area contributed by atoms with E-state index in [1.54, 1.807) is 7.11 Å². The molecule has 0 unspecified atom stereocenters. The second kappa shape index (κ2) is 8.13. The van der Waals surface area contributed by atoms with Crippen LogP contribution in [0.1, 0.15) is 63.9 Å². The normalized spacial score (nSPS) is 19.9. The first-order valence-electron chi connectivity index (χ1n) is 10.1. The lowest BCUT2D eigenvalue weighted by molar-refractivity contribution is -0.117. The van der Waals surface area contributed by atoms with Crippen molar-refractivity contribution in [2.75, 3.05) is 7.11 Å². The highest BCUT2D eigenvalue weighted by Gasteiger charge is 2.42. The van der Waals surface area contributed by atoms with Crippen LogP contribution in [0.3, 0.4) is 0 Å². The number of ether oxygens (including phenoxy) is 3. The van der Waals surface area contributed by atoms with E-state index in [9.17, 15) is 9.59 Å². The van der Waals surface area contributed by atoms with Gasteiger partial charge in [-0.3, -0.25) is 9.59 Å². The Hall–Kier alpha value is -1.83. The van der Waals surface area contributed by atoms with Crippen LogP contribution >= 0.6 is 22.6 Å². The molecule has 0 atom stereocenters. The fraction of sp³-hybridized carbons (Fsp3) is 0.478. The van der Waals surface area contributed by atoms with Gasteiger partial charge in [0.05, 0.1) is 16.8 Å². The standard InChI is InChI=1S/C23H25IO5/c1-12(2)28-23-14(24)10-13(11-19(23)27-3)20-21-15(25)6-4-8-17(21)29-18-9-5-7-16(26)22(18)20/h10-12,20H,4-9H2,1-3H3. The largest absolute Gasteiger partial charge is 0.493 e. The number of ketones is 2. The van der Waals surface area contributed by atoms with Crippen molar-refractivity contribution >= 4 is 34.2 Å². The van der Waals surface area contributed by atoms with Crippen LogP contribution in [0.2, 0.25) is 0 Å². The molecule has 0 saturated heterocycles. The second-order valence-corrected chi connectivity index (χ2v) is 9.13. The van der Waals surface area contributed by atoms with E-state index in [-0.39, 0.29) is 23.6 Å². The number of Topliss-reactive ketones (excluding diaryl/α,β-unsaturated/α-hetero) is 2. The Morgan fingerprint density at radius 3 is 2.10 bits per heavy atom. The summed E-state index contributed by atoms with van der Waals surface area (Å²) in [6.07, 6.45) is 4.08. The summed E-state index contributed by atoms with van der Waals surface area (Å²) in [5, 5.41) is 0. The first kappa shape index (κ1) is 20.4. The maximum absolute atomic E-state index is 12.9. The first-order valence-corrected chi connectivity index (χ1v) is 11.2. The number of halogens is 1. The maximum atomic E-state index is 12.9. The molecular weight excluding hydrogens is 483 g/mol. The highest BCUT2D eigenvalue weighted by molar-refractivity contribution is 14.1. The third-order valence-electron chi connectivity index (χ3n) is 5.58. The van der Waals surface area contributed by atoms with Crippen molar-refractivity contribution in [3.05, 3.63) is 43.9 Å². The Balaban J connectivity index is 1.89. The zero-order valence-corrected chi connectivity index (χ0v) is 19.1. The summed E-state index contributed by atoms with van der Waals surface area (Å²) in [7, 11) is 1.61. The first-order chi connectivity index (χ1) is 13.9. The highest BCUT2D eigenvalue weighted by Crippen LogP contribution is 2.49. The van der Waals surface area contributed by atoms with E-state index in [0.717, 1.165) is 46.3 Å². The Labute approximate surface area is 184 Å². The molecule has 0 spiro atoms. The van der Waals surface area contributed by atoms with Crippen molar-refractivity contribution in [3.63, 3.8) is 0 Å². The molecule has 0 N–H and O–H groups in total. The minimum Gasteiger partial charge on any atom is -0.493 e. The van der Waals surface area contributed by atoms with Gasteiger partial charge in [0.2, 0.25) is 0 Å². The van der Waals surface area contributed by atoms with Gasteiger partial charge in [0.15, 0.2) is 23.1 Å². The van der Waals surface area contributed by atoms with Gasteiger partial charge in [0.1, 0.15) is 11.5 Å². The molecule has 2 aliphatic carbocycles. The van der Waals surface area contributed by atoms with Crippen molar-refractivity contribution in [1.82, 2.24) is 0 Å². The minimum atomic E-state index is -0.384. The Morgan fingerprint density at radius 2 is 1.59 bits per heavy atom. The number of hydrogen-bond acceptors (Lipinski definition) is 5. The number of carbonyl (C=O) groups is 2. The molecule has 154 valence electrons. The number of hydrogen-bond donors (Lipinski definition) is 0. The molecule has 0 fully saturated rings. The molecule has 1 aromatic carbocycles. The summed E-state index contributed by atoms with van der Waals surface area (Å²) in [6.45, 7) is 3.94.